The zero-order valence-corrected chi connectivity index (χ0v) is 21.6. The van der Waals surface area contributed by atoms with Gasteiger partial charge in [-0.2, -0.15) is 0 Å². The highest BCUT2D eigenvalue weighted by Crippen LogP contribution is 2.49. The molecule has 2 aliphatic heterocycles. The third-order valence-electron chi connectivity index (χ3n) is 9.42. The molecule has 2 aromatic rings. The Morgan fingerprint density at radius 2 is 2.03 bits per heavy atom. The fourth-order valence-corrected chi connectivity index (χ4v) is 7.34. The Kier molecular flexibility index (Phi) is 7.64. The predicted octanol–water partition coefficient (Wildman–Crippen LogP) is 4.57. The number of aliphatic hydroxyl groups is 1. The molecule has 2 fully saturated rings. The van der Waals surface area contributed by atoms with E-state index in [1.807, 2.05) is 0 Å². The summed E-state index contributed by atoms with van der Waals surface area (Å²) in [4.78, 5) is 9.06. The van der Waals surface area contributed by atoms with Crippen molar-refractivity contribution in [2.45, 2.75) is 77.5 Å². The zero-order chi connectivity index (χ0) is 23.7. The molecule has 1 saturated heterocycles. The van der Waals surface area contributed by atoms with E-state index in [-0.39, 0.29) is 6.10 Å². The Morgan fingerprint density at radius 1 is 1.21 bits per heavy atom. The van der Waals surface area contributed by atoms with Gasteiger partial charge in [0.15, 0.2) is 0 Å². The lowest BCUT2D eigenvalue weighted by Gasteiger charge is -2.52. The lowest BCUT2D eigenvalue weighted by molar-refractivity contribution is -0.0556. The van der Waals surface area contributed by atoms with Crippen LogP contribution >= 0.6 is 0 Å². The minimum atomic E-state index is -0.158. The van der Waals surface area contributed by atoms with Crippen molar-refractivity contribution in [2.75, 3.05) is 39.3 Å². The number of H-pyrrole nitrogens is 1. The van der Waals surface area contributed by atoms with Crippen molar-refractivity contribution >= 4 is 10.9 Å². The van der Waals surface area contributed by atoms with Gasteiger partial charge in [-0.3, -0.25) is 4.90 Å². The van der Waals surface area contributed by atoms with E-state index in [0.717, 1.165) is 38.4 Å². The van der Waals surface area contributed by atoms with Crippen molar-refractivity contribution in [3.63, 3.8) is 0 Å². The van der Waals surface area contributed by atoms with Gasteiger partial charge in [0.2, 0.25) is 0 Å². The first kappa shape index (κ1) is 24.3. The van der Waals surface area contributed by atoms with Gasteiger partial charge in [-0.05, 0) is 88.5 Å². The van der Waals surface area contributed by atoms with Crippen molar-refractivity contribution in [3.8, 4) is 0 Å². The summed E-state index contributed by atoms with van der Waals surface area (Å²) in [5, 5.41) is 16.3. The number of nitrogens with one attached hydrogen (secondary N) is 2. The molecule has 5 heteroatoms. The van der Waals surface area contributed by atoms with Gasteiger partial charge < -0.3 is 20.3 Å². The quantitative estimate of drug-likeness (QED) is 0.507. The maximum absolute atomic E-state index is 11.1. The van der Waals surface area contributed by atoms with E-state index < -0.39 is 0 Å². The number of hydrogen-bond acceptors (Lipinski definition) is 4. The molecule has 34 heavy (non-hydrogen) atoms. The first-order chi connectivity index (χ1) is 16.6. The molecular formula is C29H46N4O. The molecule has 188 valence electrons. The van der Waals surface area contributed by atoms with Crippen molar-refractivity contribution in [2.24, 2.45) is 17.8 Å². The van der Waals surface area contributed by atoms with Crippen LogP contribution in [0, 0.1) is 17.8 Å². The molecule has 6 atom stereocenters. The van der Waals surface area contributed by atoms with Gasteiger partial charge >= 0.3 is 0 Å². The molecule has 0 unspecified atom stereocenters. The van der Waals surface area contributed by atoms with E-state index in [2.05, 4.69) is 65.1 Å². The summed E-state index contributed by atoms with van der Waals surface area (Å²) in [6.07, 6.45) is 6.80. The third-order valence-corrected chi connectivity index (χ3v) is 9.42. The van der Waals surface area contributed by atoms with Gasteiger partial charge in [-0.25, -0.2) is 0 Å². The van der Waals surface area contributed by atoms with E-state index in [9.17, 15) is 5.11 Å². The molecule has 1 saturated carbocycles. The van der Waals surface area contributed by atoms with E-state index in [4.69, 9.17) is 0 Å². The van der Waals surface area contributed by atoms with Crippen LogP contribution in [0.1, 0.15) is 70.2 Å². The summed E-state index contributed by atoms with van der Waals surface area (Å²) in [6.45, 7) is 13.7. The molecule has 0 amide bonds. The average molecular weight is 467 g/mol. The van der Waals surface area contributed by atoms with Gasteiger partial charge in [0.05, 0.1) is 12.1 Å². The molecule has 1 aromatic heterocycles. The number of rotatable bonds is 9. The van der Waals surface area contributed by atoms with Crippen molar-refractivity contribution < 1.29 is 5.11 Å². The highest BCUT2D eigenvalue weighted by molar-refractivity contribution is 5.85. The van der Waals surface area contributed by atoms with Gasteiger partial charge in [-0.15, -0.1) is 0 Å². The summed E-state index contributed by atoms with van der Waals surface area (Å²) >= 11 is 0. The van der Waals surface area contributed by atoms with Crippen LogP contribution in [0.5, 0.6) is 0 Å². The number of aromatic amines is 1. The van der Waals surface area contributed by atoms with Gasteiger partial charge in [0.25, 0.3) is 0 Å². The Morgan fingerprint density at radius 3 is 2.85 bits per heavy atom. The second-order valence-corrected chi connectivity index (χ2v) is 11.3. The molecule has 0 bridgehead atoms. The van der Waals surface area contributed by atoms with E-state index in [0.29, 0.717) is 23.9 Å². The average Bonchev–Trinajstić information content (AvgIpc) is 3.24. The van der Waals surface area contributed by atoms with Crippen molar-refractivity contribution in [1.29, 1.82) is 0 Å². The van der Waals surface area contributed by atoms with Gasteiger partial charge in [0, 0.05) is 48.2 Å². The molecule has 3 heterocycles. The summed E-state index contributed by atoms with van der Waals surface area (Å²) in [5.41, 5.74) is 4.29. The zero-order valence-electron chi connectivity index (χ0n) is 21.6. The van der Waals surface area contributed by atoms with Crippen LogP contribution in [0.25, 0.3) is 10.9 Å². The lowest BCUT2D eigenvalue weighted by Crippen LogP contribution is -2.53. The van der Waals surface area contributed by atoms with Crippen molar-refractivity contribution in [3.05, 3.63) is 35.5 Å². The first-order valence-electron chi connectivity index (χ1n) is 14.1. The van der Waals surface area contributed by atoms with Crippen LogP contribution in [-0.2, 0) is 6.42 Å². The minimum absolute atomic E-state index is 0.158. The Bertz CT molecular complexity index is 937. The molecule has 0 radical (unpaired) electrons. The van der Waals surface area contributed by atoms with Crippen LogP contribution in [0.2, 0.25) is 0 Å². The first-order valence-corrected chi connectivity index (χ1v) is 14.1. The number of piperidine rings is 1. The fourth-order valence-electron chi connectivity index (χ4n) is 7.34. The number of aromatic nitrogens is 1. The molecular weight excluding hydrogens is 420 g/mol. The Hall–Kier alpha value is -1.40. The Balaban J connectivity index is 1.24. The molecule has 1 aromatic carbocycles. The van der Waals surface area contributed by atoms with Gasteiger partial charge in [-0.1, -0.05) is 32.0 Å². The minimum Gasteiger partial charge on any atom is -0.393 e. The van der Waals surface area contributed by atoms with E-state index >= 15 is 0 Å². The number of nitrogens with zero attached hydrogens (tertiary/aromatic N) is 2. The maximum atomic E-state index is 11.1. The summed E-state index contributed by atoms with van der Waals surface area (Å²) < 4.78 is 0. The van der Waals surface area contributed by atoms with Crippen LogP contribution < -0.4 is 5.32 Å². The number of para-hydroxylation sites is 1. The molecule has 5 rings (SSSR count). The van der Waals surface area contributed by atoms with E-state index in [1.165, 1.54) is 61.9 Å². The maximum Gasteiger partial charge on any atom is 0.0583 e. The molecule has 0 spiro atoms. The highest BCUT2D eigenvalue weighted by atomic mass is 16.3. The second kappa shape index (κ2) is 10.7. The molecule has 5 nitrogen and oxygen atoms in total. The molecule has 1 aliphatic carbocycles. The fraction of sp³-hybridized carbons (Fsp3) is 0.724. The lowest BCUT2D eigenvalue weighted by atomic mass is 9.65. The van der Waals surface area contributed by atoms with Crippen LogP contribution in [0.15, 0.2) is 24.3 Å². The summed E-state index contributed by atoms with van der Waals surface area (Å²) in [7, 11) is 0. The highest BCUT2D eigenvalue weighted by Gasteiger charge is 2.46. The number of hydrogen-bond donors (Lipinski definition) is 3. The van der Waals surface area contributed by atoms with Gasteiger partial charge in [0.1, 0.15) is 0 Å². The normalized spacial score (nSPS) is 30.2. The second-order valence-electron chi connectivity index (χ2n) is 11.3. The van der Waals surface area contributed by atoms with Crippen LogP contribution in [0.3, 0.4) is 0 Å². The van der Waals surface area contributed by atoms with Crippen LogP contribution in [0.4, 0.5) is 0 Å². The van der Waals surface area contributed by atoms with E-state index in [1.54, 1.807) is 5.56 Å². The molecule has 3 N–H and O–H groups in total. The largest absolute Gasteiger partial charge is 0.393 e. The standard InChI is InChI=1S/C29H46N4O/c1-4-32(5-2)15-8-9-20(3)30-18-25-24-17-27-29-23(22-10-6-7-11-26(22)31-29)14-16-33(27)19-21(24)12-13-28(25)34/h6-7,10-11,20-21,24-25,27-28,30-31,34H,4-5,8-9,12-19H2,1-3H3/t20-,21+,24+,25+,27-,28-/m1/s1. The third kappa shape index (κ3) is 4.82. The smallest absolute Gasteiger partial charge is 0.0583 e. The predicted molar refractivity (Wildman–Crippen MR) is 141 cm³/mol. The SMILES string of the molecule is CCN(CC)CCC[C@@H](C)NC[C@H]1[C@H]2C[C@@H]3c4[nH]c5ccccc5c4CCN3C[C@@H]2CC[C@H]1O. The number of aliphatic hydroxyl groups excluding tert-OH is 1. The van der Waals surface area contributed by atoms with Crippen LogP contribution in [-0.4, -0.2) is 71.3 Å². The summed E-state index contributed by atoms with van der Waals surface area (Å²) in [5.74, 6) is 1.72. The monoisotopic (exact) mass is 466 g/mol. The topological polar surface area (TPSA) is 54.5 Å². The summed E-state index contributed by atoms with van der Waals surface area (Å²) in [6, 6.07) is 9.81. The number of benzene rings is 1. The van der Waals surface area contributed by atoms with Crippen molar-refractivity contribution in [1.82, 2.24) is 20.1 Å². The molecule has 3 aliphatic rings. The Labute approximate surface area is 206 Å². The number of fused-ring (bicyclic) bond motifs is 6.